The molecule has 0 spiro atoms. The lowest BCUT2D eigenvalue weighted by molar-refractivity contribution is 0.302. The zero-order chi connectivity index (χ0) is 15.8. The van der Waals surface area contributed by atoms with Crippen LogP contribution in [0.25, 0.3) is 22.3 Å². The SMILES string of the molecule is CC[C@H](C1CCCC1)n1cc(-c2ncnc3[nH]ccc23)c(N)n1. The van der Waals surface area contributed by atoms with Crippen LogP contribution in [0.1, 0.15) is 45.1 Å². The lowest BCUT2D eigenvalue weighted by atomic mass is 9.96. The van der Waals surface area contributed by atoms with Gasteiger partial charge in [0.15, 0.2) is 5.82 Å². The Morgan fingerprint density at radius 3 is 2.96 bits per heavy atom. The number of hydrogen-bond acceptors (Lipinski definition) is 4. The quantitative estimate of drug-likeness (QED) is 0.771. The van der Waals surface area contributed by atoms with Crippen molar-refractivity contribution < 1.29 is 0 Å². The van der Waals surface area contributed by atoms with Gasteiger partial charge in [-0.1, -0.05) is 19.8 Å². The second-order valence-corrected chi connectivity index (χ2v) is 6.39. The number of H-pyrrole nitrogens is 1. The molecule has 1 atom stereocenters. The number of rotatable bonds is 4. The van der Waals surface area contributed by atoms with Crippen LogP contribution in [0.2, 0.25) is 0 Å². The summed E-state index contributed by atoms with van der Waals surface area (Å²) in [5.41, 5.74) is 8.79. The second kappa shape index (κ2) is 5.68. The Bertz CT molecular complexity index is 811. The standard InChI is InChI=1S/C17H22N6/c1-2-14(11-5-3-4-6-11)23-9-13(16(18)22-23)15-12-7-8-19-17(12)21-10-20-15/h7-11,14H,2-6H2,1H3,(H2,18,22)(H,19,20,21)/t14-/m1/s1. The highest BCUT2D eigenvalue weighted by Crippen LogP contribution is 2.37. The van der Waals surface area contributed by atoms with E-state index >= 15 is 0 Å². The molecule has 0 aromatic carbocycles. The molecule has 3 heterocycles. The Labute approximate surface area is 135 Å². The predicted molar refractivity (Wildman–Crippen MR) is 90.8 cm³/mol. The molecule has 0 radical (unpaired) electrons. The molecule has 1 aliphatic carbocycles. The van der Waals surface area contributed by atoms with Gasteiger partial charge in [-0.15, -0.1) is 0 Å². The van der Waals surface area contributed by atoms with Gasteiger partial charge in [-0.3, -0.25) is 4.68 Å². The van der Waals surface area contributed by atoms with Gasteiger partial charge in [0.05, 0.1) is 17.3 Å². The van der Waals surface area contributed by atoms with Crippen LogP contribution in [0.15, 0.2) is 24.8 Å². The van der Waals surface area contributed by atoms with Gasteiger partial charge >= 0.3 is 0 Å². The third-order valence-electron chi connectivity index (χ3n) is 5.07. The molecular formula is C17H22N6. The molecule has 0 bridgehead atoms. The van der Waals surface area contributed by atoms with Crippen molar-refractivity contribution in [3.05, 3.63) is 24.8 Å². The molecule has 23 heavy (non-hydrogen) atoms. The minimum atomic E-state index is 0.428. The van der Waals surface area contributed by atoms with E-state index < -0.39 is 0 Å². The highest BCUT2D eigenvalue weighted by molar-refractivity contribution is 5.92. The number of aromatic amines is 1. The Morgan fingerprint density at radius 2 is 2.17 bits per heavy atom. The number of nitrogen functional groups attached to an aromatic ring is 1. The zero-order valence-electron chi connectivity index (χ0n) is 13.4. The second-order valence-electron chi connectivity index (χ2n) is 6.39. The van der Waals surface area contributed by atoms with Gasteiger partial charge in [0.2, 0.25) is 0 Å². The Hall–Kier alpha value is -2.37. The van der Waals surface area contributed by atoms with Crippen molar-refractivity contribution in [1.82, 2.24) is 24.7 Å². The first kappa shape index (κ1) is 14.2. The van der Waals surface area contributed by atoms with Crippen molar-refractivity contribution in [3.8, 4) is 11.3 Å². The van der Waals surface area contributed by atoms with E-state index in [0.29, 0.717) is 17.8 Å². The third-order valence-corrected chi connectivity index (χ3v) is 5.07. The van der Waals surface area contributed by atoms with E-state index in [1.807, 2.05) is 12.3 Å². The first-order valence-corrected chi connectivity index (χ1v) is 8.41. The summed E-state index contributed by atoms with van der Waals surface area (Å²) >= 11 is 0. The van der Waals surface area contributed by atoms with E-state index in [4.69, 9.17) is 5.73 Å². The molecule has 0 aliphatic heterocycles. The number of aromatic nitrogens is 5. The van der Waals surface area contributed by atoms with Gasteiger partial charge in [-0.2, -0.15) is 5.10 Å². The normalized spacial score (nSPS) is 17.1. The molecule has 6 heteroatoms. The molecule has 1 saturated carbocycles. The highest BCUT2D eigenvalue weighted by Gasteiger charge is 2.27. The van der Waals surface area contributed by atoms with E-state index in [0.717, 1.165) is 28.7 Å². The van der Waals surface area contributed by atoms with Crippen molar-refractivity contribution in [2.24, 2.45) is 5.92 Å². The Morgan fingerprint density at radius 1 is 1.35 bits per heavy atom. The molecule has 4 rings (SSSR count). The molecule has 6 nitrogen and oxygen atoms in total. The number of nitrogens with zero attached hydrogens (tertiary/aromatic N) is 4. The average Bonchev–Trinajstić information content (AvgIpc) is 3.28. The Kier molecular flexibility index (Phi) is 3.52. The minimum Gasteiger partial charge on any atom is -0.382 e. The molecule has 120 valence electrons. The summed E-state index contributed by atoms with van der Waals surface area (Å²) < 4.78 is 2.07. The maximum atomic E-state index is 6.22. The number of nitrogens with one attached hydrogen (secondary N) is 1. The summed E-state index contributed by atoms with van der Waals surface area (Å²) in [5.74, 6) is 1.26. The van der Waals surface area contributed by atoms with Gasteiger partial charge < -0.3 is 10.7 Å². The maximum Gasteiger partial charge on any atom is 0.154 e. The Balaban J connectivity index is 1.76. The van der Waals surface area contributed by atoms with Crippen LogP contribution in [0, 0.1) is 5.92 Å². The van der Waals surface area contributed by atoms with E-state index in [-0.39, 0.29) is 0 Å². The fourth-order valence-electron chi connectivity index (χ4n) is 3.92. The summed E-state index contributed by atoms with van der Waals surface area (Å²) in [5, 5.41) is 5.60. The summed E-state index contributed by atoms with van der Waals surface area (Å²) in [6, 6.07) is 2.41. The first-order chi connectivity index (χ1) is 11.3. The van der Waals surface area contributed by atoms with Crippen LogP contribution >= 0.6 is 0 Å². The molecule has 0 amide bonds. The van der Waals surface area contributed by atoms with Crippen LogP contribution in [-0.2, 0) is 0 Å². The maximum absolute atomic E-state index is 6.22. The van der Waals surface area contributed by atoms with E-state index in [1.165, 1.54) is 25.7 Å². The third kappa shape index (κ3) is 2.38. The van der Waals surface area contributed by atoms with Crippen molar-refractivity contribution in [1.29, 1.82) is 0 Å². The lowest BCUT2D eigenvalue weighted by Crippen LogP contribution is -2.17. The molecule has 0 unspecified atom stereocenters. The molecule has 1 aliphatic rings. The predicted octanol–water partition coefficient (Wildman–Crippen LogP) is 3.54. The van der Waals surface area contributed by atoms with Crippen LogP contribution in [0.5, 0.6) is 0 Å². The molecule has 3 N–H and O–H groups in total. The van der Waals surface area contributed by atoms with Crippen LogP contribution in [0.3, 0.4) is 0 Å². The fourth-order valence-corrected chi connectivity index (χ4v) is 3.92. The van der Waals surface area contributed by atoms with Gasteiger partial charge in [-0.25, -0.2) is 9.97 Å². The van der Waals surface area contributed by atoms with E-state index in [2.05, 4.69) is 37.9 Å². The smallest absolute Gasteiger partial charge is 0.154 e. The highest BCUT2D eigenvalue weighted by atomic mass is 15.3. The van der Waals surface area contributed by atoms with Crippen molar-refractivity contribution >= 4 is 16.9 Å². The topological polar surface area (TPSA) is 85.4 Å². The van der Waals surface area contributed by atoms with Crippen molar-refractivity contribution in [2.45, 2.75) is 45.1 Å². The van der Waals surface area contributed by atoms with Crippen LogP contribution in [0.4, 0.5) is 5.82 Å². The summed E-state index contributed by atoms with van der Waals surface area (Å²) in [6.07, 6.45) is 11.8. The lowest BCUT2D eigenvalue weighted by Gasteiger charge is -2.22. The first-order valence-electron chi connectivity index (χ1n) is 8.41. The van der Waals surface area contributed by atoms with Gasteiger partial charge in [0.1, 0.15) is 12.0 Å². The molecule has 0 saturated heterocycles. The summed E-state index contributed by atoms with van der Waals surface area (Å²) in [6.45, 7) is 2.23. The molecular weight excluding hydrogens is 288 g/mol. The van der Waals surface area contributed by atoms with E-state index in [1.54, 1.807) is 6.33 Å². The minimum absolute atomic E-state index is 0.428. The number of nitrogens with two attached hydrogens (primary N) is 1. The molecule has 3 aromatic rings. The average molecular weight is 310 g/mol. The van der Waals surface area contributed by atoms with Crippen LogP contribution in [-0.4, -0.2) is 24.7 Å². The summed E-state index contributed by atoms with van der Waals surface area (Å²) in [7, 11) is 0. The van der Waals surface area contributed by atoms with E-state index in [9.17, 15) is 0 Å². The molecule has 1 fully saturated rings. The number of fused-ring (bicyclic) bond motifs is 1. The monoisotopic (exact) mass is 310 g/mol. The number of hydrogen-bond donors (Lipinski definition) is 2. The summed E-state index contributed by atoms with van der Waals surface area (Å²) in [4.78, 5) is 11.8. The number of anilines is 1. The van der Waals surface area contributed by atoms with Crippen molar-refractivity contribution in [2.75, 3.05) is 5.73 Å². The fraction of sp³-hybridized carbons (Fsp3) is 0.471. The van der Waals surface area contributed by atoms with Gasteiger partial charge in [0, 0.05) is 17.8 Å². The van der Waals surface area contributed by atoms with Crippen molar-refractivity contribution in [3.63, 3.8) is 0 Å². The largest absolute Gasteiger partial charge is 0.382 e. The molecule has 3 aromatic heterocycles. The van der Waals surface area contributed by atoms with Gasteiger partial charge in [-0.05, 0) is 31.2 Å². The van der Waals surface area contributed by atoms with Crippen LogP contribution < -0.4 is 5.73 Å². The van der Waals surface area contributed by atoms with Gasteiger partial charge in [0.25, 0.3) is 0 Å². The zero-order valence-corrected chi connectivity index (χ0v) is 13.4.